The Morgan fingerprint density at radius 3 is 2.60 bits per heavy atom. The van der Waals surface area contributed by atoms with Crippen LogP contribution < -0.4 is 5.32 Å². The minimum absolute atomic E-state index is 0.189. The van der Waals surface area contributed by atoms with Crippen molar-refractivity contribution < 1.29 is 14.4 Å². The molecule has 1 fully saturated rings. The van der Waals surface area contributed by atoms with E-state index in [9.17, 15) is 14.4 Å². The number of piperidine rings is 1. The Labute approximate surface area is 209 Å². The lowest BCUT2D eigenvalue weighted by atomic mass is 9.99. The summed E-state index contributed by atoms with van der Waals surface area (Å²) in [5.74, 6) is -0.182. The van der Waals surface area contributed by atoms with Crippen LogP contribution in [0.15, 0.2) is 36.4 Å². The maximum absolute atomic E-state index is 12.9. The summed E-state index contributed by atoms with van der Waals surface area (Å²) < 4.78 is 1.03. The Balaban J connectivity index is 1.30. The minimum Gasteiger partial charge on any atom is -0.299 e. The smallest absolute Gasteiger partial charge is 0.261 e. The fraction of sp³-hybridized carbons (Fsp3) is 0.407. The number of aromatic nitrogens is 1. The number of anilines is 1. The molecule has 8 heteroatoms. The second-order valence-corrected chi connectivity index (χ2v) is 10.8. The standard InChI is InChI=1S/C27H30N4O3S/c1-4-17(3)31-25(33)20-7-6-19(14-21(20)26(31)34)24(32)29-27-28-22-8-5-18(13-23(22)35-27)15-30-11-9-16(2)10-12-30/h5-8,13-14,16-17H,4,9-12,15H2,1-3H3,(H,28,29,32). The molecule has 2 aliphatic rings. The number of carbonyl (C=O) groups is 3. The number of fused-ring (bicyclic) bond motifs is 2. The maximum atomic E-state index is 12.9. The zero-order chi connectivity index (χ0) is 24.7. The first kappa shape index (κ1) is 23.6. The Bertz CT molecular complexity index is 1310. The zero-order valence-electron chi connectivity index (χ0n) is 20.3. The number of benzene rings is 2. The van der Waals surface area contributed by atoms with Crippen molar-refractivity contribution in [2.45, 2.75) is 52.6 Å². The lowest BCUT2D eigenvalue weighted by Crippen LogP contribution is -2.37. The van der Waals surface area contributed by atoms with Gasteiger partial charge in [0.25, 0.3) is 17.7 Å². The van der Waals surface area contributed by atoms with Gasteiger partial charge in [0, 0.05) is 18.2 Å². The molecule has 1 aromatic heterocycles. The molecule has 0 aliphatic carbocycles. The molecule has 3 amide bonds. The van der Waals surface area contributed by atoms with Gasteiger partial charge in [-0.15, -0.1) is 0 Å². The van der Waals surface area contributed by atoms with Gasteiger partial charge in [0.2, 0.25) is 0 Å². The molecule has 0 spiro atoms. The predicted octanol–water partition coefficient (Wildman–Crippen LogP) is 5.18. The highest BCUT2D eigenvalue weighted by Gasteiger charge is 2.38. The van der Waals surface area contributed by atoms with E-state index in [4.69, 9.17) is 0 Å². The van der Waals surface area contributed by atoms with Gasteiger partial charge >= 0.3 is 0 Å². The molecule has 1 saturated heterocycles. The molecule has 1 atom stereocenters. The highest BCUT2D eigenvalue weighted by molar-refractivity contribution is 7.22. The van der Waals surface area contributed by atoms with E-state index < -0.39 is 0 Å². The van der Waals surface area contributed by atoms with E-state index >= 15 is 0 Å². The zero-order valence-corrected chi connectivity index (χ0v) is 21.2. The van der Waals surface area contributed by atoms with E-state index in [1.165, 1.54) is 40.7 Å². The van der Waals surface area contributed by atoms with E-state index in [-0.39, 0.29) is 29.3 Å². The Morgan fingerprint density at radius 1 is 1.11 bits per heavy atom. The van der Waals surface area contributed by atoms with Crippen LogP contribution in [0.4, 0.5) is 5.13 Å². The highest BCUT2D eigenvalue weighted by atomic mass is 32.1. The van der Waals surface area contributed by atoms with Crippen LogP contribution in [0.25, 0.3) is 10.2 Å². The third-order valence-electron chi connectivity index (χ3n) is 7.17. The van der Waals surface area contributed by atoms with E-state index in [1.54, 1.807) is 12.1 Å². The average Bonchev–Trinajstić information content (AvgIpc) is 3.36. The number of rotatable bonds is 6. The van der Waals surface area contributed by atoms with Gasteiger partial charge in [-0.05, 0) is 81.1 Å². The number of hydrogen-bond acceptors (Lipinski definition) is 6. The largest absolute Gasteiger partial charge is 0.299 e. The van der Waals surface area contributed by atoms with Crippen molar-refractivity contribution in [2.75, 3.05) is 18.4 Å². The van der Waals surface area contributed by atoms with Crippen LogP contribution in [-0.4, -0.2) is 51.6 Å². The summed E-state index contributed by atoms with van der Waals surface area (Å²) in [4.78, 5) is 46.7. The monoisotopic (exact) mass is 490 g/mol. The summed E-state index contributed by atoms with van der Waals surface area (Å²) in [6.07, 6.45) is 3.17. The molecule has 7 nitrogen and oxygen atoms in total. The number of nitrogens with zero attached hydrogens (tertiary/aromatic N) is 3. The predicted molar refractivity (Wildman–Crippen MR) is 138 cm³/mol. The van der Waals surface area contributed by atoms with Crippen molar-refractivity contribution in [3.63, 3.8) is 0 Å². The van der Waals surface area contributed by atoms with Gasteiger partial charge in [-0.1, -0.05) is 31.3 Å². The number of hydrogen-bond donors (Lipinski definition) is 1. The van der Waals surface area contributed by atoms with E-state index in [0.717, 1.165) is 35.8 Å². The van der Waals surface area contributed by atoms with Crippen LogP contribution in [0.3, 0.4) is 0 Å². The molecule has 0 radical (unpaired) electrons. The molecule has 35 heavy (non-hydrogen) atoms. The van der Waals surface area contributed by atoms with Crippen LogP contribution in [0, 0.1) is 5.92 Å². The SMILES string of the molecule is CCC(C)N1C(=O)c2ccc(C(=O)Nc3nc4ccc(CN5CCC(C)CC5)cc4s3)cc2C1=O. The average molecular weight is 491 g/mol. The van der Waals surface area contributed by atoms with Crippen molar-refractivity contribution >= 4 is 44.4 Å². The summed E-state index contributed by atoms with van der Waals surface area (Å²) in [5.41, 5.74) is 3.06. The highest BCUT2D eigenvalue weighted by Crippen LogP contribution is 2.30. The first-order chi connectivity index (χ1) is 16.8. The molecule has 1 N–H and O–H groups in total. The summed E-state index contributed by atoms with van der Waals surface area (Å²) in [7, 11) is 0. The van der Waals surface area contributed by atoms with Gasteiger partial charge in [-0.2, -0.15) is 0 Å². The van der Waals surface area contributed by atoms with Crippen LogP contribution in [0.2, 0.25) is 0 Å². The molecule has 0 saturated carbocycles. The van der Waals surface area contributed by atoms with E-state index in [2.05, 4.69) is 34.3 Å². The normalized spacial score (nSPS) is 17.7. The van der Waals surface area contributed by atoms with Crippen LogP contribution in [-0.2, 0) is 6.54 Å². The molecule has 5 rings (SSSR count). The van der Waals surface area contributed by atoms with Gasteiger partial charge in [-0.25, -0.2) is 4.98 Å². The Morgan fingerprint density at radius 2 is 1.86 bits per heavy atom. The van der Waals surface area contributed by atoms with E-state index in [1.807, 2.05) is 19.9 Å². The lowest BCUT2D eigenvalue weighted by Gasteiger charge is -2.30. The van der Waals surface area contributed by atoms with Gasteiger partial charge < -0.3 is 0 Å². The lowest BCUT2D eigenvalue weighted by molar-refractivity contribution is 0.0593. The second kappa shape index (κ2) is 9.51. The van der Waals surface area contributed by atoms with Crippen LogP contribution in [0.5, 0.6) is 0 Å². The van der Waals surface area contributed by atoms with Gasteiger partial charge in [-0.3, -0.25) is 29.5 Å². The topological polar surface area (TPSA) is 82.6 Å². The first-order valence-corrected chi connectivity index (χ1v) is 13.1. The molecular weight excluding hydrogens is 460 g/mol. The van der Waals surface area contributed by atoms with Crippen molar-refractivity contribution in [2.24, 2.45) is 5.92 Å². The molecule has 182 valence electrons. The number of nitrogens with one attached hydrogen (secondary N) is 1. The second-order valence-electron chi connectivity index (χ2n) is 9.73. The van der Waals surface area contributed by atoms with Crippen molar-refractivity contribution in [3.05, 3.63) is 58.7 Å². The maximum Gasteiger partial charge on any atom is 0.261 e. The third kappa shape index (κ3) is 4.60. The number of imide groups is 1. The van der Waals surface area contributed by atoms with Crippen LogP contribution >= 0.6 is 11.3 Å². The summed E-state index contributed by atoms with van der Waals surface area (Å²) in [6, 6.07) is 10.8. The molecule has 3 aromatic rings. The van der Waals surface area contributed by atoms with Crippen LogP contribution in [0.1, 0.15) is 76.7 Å². The third-order valence-corrected chi connectivity index (χ3v) is 8.10. The number of likely N-dealkylation sites (tertiary alicyclic amines) is 1. The fourth-order valence-corrected chi connectivity index (χ4v) is 5.68. The molecule has 2 aromatic carbocycles. The van der Waals surface area contributed by atoms with Gasteiger partial charge in [0.15, 0.2) is 5.13 Å². The van der Waals surface area contributed by atoms with Gasteiger partial charge in [0.05, 0.1) is 21.3 Å². The molecule has 2 aliphatic heterocycles. The van der Waals surface area contributed by atoms with E-state index in [0.29, 0.717) is 22.7 Å². The number of amides is 3. The molecule has 1 unspecified atom stereocenters. The number of carbonyl (C=O) groups excluding carboxylic acids is 3. The molecular formula is C27H30N4O3S. The Kier molecular flexibility index (Phi) is 6.42. The number of thiazole rings is 1. The molecule has 3 heterocycles. The summed E-state index contributed by atoms with van der Waals surface area (Å²) >= 11 is 1.44. The van der Waals surface area contributed by atoms with Crippen molar-refractivity contribution in [3.8, 4) is 0 Å². The van der Waals surface area contributed by atoms with Gasteiger partial charge in [0.1, 0.15) is 0 Å². The Hall–Kier alpha value is -3.10. The van der Waals surface area contributed by atoms with Crippen molar-refractivity contribution in [1.29, 1.82) is 0 Å². The quantitative estimate of drug-likeness (QED) is 0.482. The first-order valence-electron chi connectivity index (χ1n) is 12.3. The summed E-state index contributed by atoms with van der Waals surface area (Å²) in [6.45, 7) is 9.29. The molecule has 0 bridgehead atoms. The van der Waals surface area contributed by atoms with Crippen molar-refractivity contribution in [1.82, 2.24) is 14.8 Å². The minimum atomic E-state index is -0.350. The fourth-order valence-electron chi connectivity index (χ4n) is 4.75. The summed E-state index contributed by atoms with van der Waals surface area (Å²) in [5, 5.41) is 3.38.